The highest BCUT2D eigenvalue weighted by atomic mass is 79.9. The van der Waals surface area contributed by atoms with Crippen LogP contribution in [0.3, 0.4) is 0 Å². The third kappa shape index (κ3) is 3.20. The number of ether oxygens (including phenoxy) is 1. The van der Waals surface area contributed by atoms with E-state index < -0.39 is 11.6 Å². The van der Waals surface area contributed by atoms with Crippen LogP contribution in [0.15, 0.2) is 16.6 Å². The average molecular weight is 320 g/mol. The zero-order chi connectivity index (χ0) is 13.1. The second-order valence-corrected chi connectivity index (χ2v) is 5.47. The van der Waals surface area contributed by atoms with Crippen LogP contribution in [0.4, 0.5) is 14.5 Å². The van der Waals surface area contributed by atoms with Gasteiger partial charge in [-0.05, 0) is 47.7 Å². The van der Waals surface area contributed by atoms with E-state index in [1.165, 1.54) is 6.07 Å². The Balaban J connectivity index is 2.07. The first-order valence-corrected chi connectivity index (χ1v) is 6.83. The van der Waals surface area contributed by atoms with E-state index in [0.717, 1.165) is 31.7 Å². The molecule has 1 aromatic carbocycles. The highest BCUT2D eigenvalue weighted by molar-refractivity contribution is 9.10. The quantitative estimate of drug-likeness (QED) is 0.847. The van der Waals surface area contributed by atoms with Gasteiger partial charge in [0, 0.05) is 19.2 Å². The Morgan fingerprint density at radius 3 is 2.78 bits per heavy atom. The molecule has 1 aliphatic carbocycles. The molecule has 1 aromatic rings. The van der Waals surface area contributed by atoms with Crippen molar-refractivity contribution in [2.75, 3.05) is 12.4 Å². The molecule has 1 fully saturated rings. The van der Waals surface area contributed by atoms with Gasteiger partial charge in [-0.25, -0.2) is 8.78 Å². The summed E-state index contributed by atoms with van der Waals surface area (Å²) in [4.78, 5) is 0. The highest BCUT2D eigenvalue weighted by Crippen LogP contribution is 2.27. The predicted molar refractivity (Wildman–Crippen MR) is 70.7 cm³/mol. The van der Waals surface area contributed by atoms with Gasteiger partial charge in [0.1, 0.15) is 11.6 Å². The average Bonchev–Trinajstić information content (AvgIpc) is 2.36. The zero-order valence-electron chi connectivity index (χ0n) is 10.2. The molecule has 5 heteroatoms. The summed E-state index contributed by atoms with van der Waals surface area (Å²) in [6.07, 6.45) is 4.06. The van der Waals surface area contributed by atoms with Crippen LogP contribution in [0.5, 0.6) is 0 Å². The summed E-state index contributed by atoms with van der Waals surface area (Å²) in [5.74, 6) is -0.902. The van der Waals surface area contributed by atoms with Gasteiger partial charge in [-0.15, -0.1) is 0 Å². The SMILES string of the molecule is COC1CCCC(Nc2cc(F)c(Br)cc2F)C1. The Kier molecular flexibility index (Phi) is 4.56. The fourth-order valence-electron chi connectivity index (χ4n) is 2.34. The van der Waals surface area contributed by atoms with Crippen molar-refractivity contribution in [3.8, 4) is 0 Å². The Bertz CT molecular complexity index is 428. The van der Waals surface area contributed by atoms with Gasteiger partial charge >= 0.3 is 0 Å². The third-order valence-electron chi connectivity index (χ3n) is 3.33. The fraction of sp³-hybridized carbons (Fsp3) is 0.538. The maximum Gasteiger partial charge on any atom is 0.147 e. The normalized spacial score (nSPS) is 24.0. The van der Waals surface area contributed by atoms with E-state index in [-0.39, 0.29) is 22.3 Å². The van der Waals surface area contributed by atoms with E-state index in [1.807, 2.05) is 0 Å². The van der Waals surface area contributed by atoms with Crippen LogP contribution in [0.1, 0.15) is 25.7 Å². The van der Waals surface area contributed by atoms with Crippen LogP contribution in [0.25, 0.3) is 0 Å². The van der Waals surface area contributed by atoms with E-state index in [1.54, 1.807) is 7.11 Å². The largest absolute Gasteiger partial charge is 0.381 e. The standard InChI is InChI=1S/C13H16BrF2NO/c1-18-9-4-2-3-8(5-9)17-13-7-11(15)10(14)6-12(13)16/h6-9,17H,2-5H2,1H3. The fourth-order valence-corrected chi connectivity index (χ4v) is 2.66. The number of nitrogens with one attached hydrogen (secondary N) is 1. The molecular formula is C13H16BrF2NO. The first-order chi connectivity index (χ1) is 8.60. The molecule has 0 bridgehead atoms. The predicted octanol–water partition coefficient (Wildman–Crippen LogP) is 4.10. The highest BCUT2D eigenvalue weighted by Gasteiger charge is 2.22. The first kappa shape index (κ1) is 13.7. The molecule has 2 rings (SSSR count). The topological polar surface area (TPSA) is 21.3 Å². The van der Waals surface area contributed by atoms with Crippen LogP contribution in [-0.4, -0.2) is 19.3 Å². The Hall–Kier alpha value is -0.680. The van der Waals surface area contributed by atoms with Crippen LogP contribution < -0.4 is 5.32 Å². The maximum atomic E-state index is 13.7. The van der Waals surface area contributed by atoms with E-state index in [2.05, 4.69) is 21.2 Å². The van der Waals surface area contributed by atoms with E-state index in [9.17, 15) is 8.78 Å². The van der Waals surface area contributed by atoms with Gasteiger partial charge in [0.2, 0.25) is 0 Å². The summed E-state index contributed by atoms with van der Waals surface area (Å²) in [6.45, 7) is 0. The van der Waals surface area contributed by atoms with Crippen molar-refractivity contribution in [1.82, 2.24) is 0 Å². The number of hydrogen-bond acceptors (Lipinski definition) is 2. The van der Waals surface area contributed by atoms with Crippen molar-refractivity contribution >= 4 is 21.6 Å². The number of rotatable bonds is 3. The smallest absolute Gasteiger partial charge is 0.147 e. The summed E-state index contributed by atoms with van der Waals surface area (Å²) in [5, 5.41) is 3.07. The Morgan fingerprint density at radius 2 is 2.06 bits per heavy atom. The number of hydrogen-bond donors (Lipinski definition) is 1. The second-order valence-electron chi connectivity index (χ2n) is 4.61. The lowest BCUT2D eigenvalue weighted by Crippen LogP contribution is -2.31. The Morgan fingerprint density at radius 1 is 1.28 bits per heavy atom. The summed E-state index contributed by atoms with van der Waals surface area (Å²) < 4.78 is 32.5. The molecule has 0 spiro atoms. The molecule has 0 radical (unpaired) electrons. The first-order valence-electron chi connectivity index (χ1n) is 6.04. The molecule has 0 aromatic heterocycles. The third-order valence-corrected chi connectivity index (χ3v) is 3.94. The molecule has 100 valence electrons. The lowest BCUT2D eigenvalue weighted by atomic mass is 9.92. The lowest BCUT2D eigenvalue weighted by Gasteiger charge is -2.29. The van der Waals surface area contributed by atoms with Crippen molar-refractivity contribution in [3.63, 3.8) is 0 Å². The van der Waals surface area contributed by atoms with Crippen molar-refractivity contribution in [1.29, 1.82) is 0 Å². The molecule has 0 saturated heterocycles. The molecule has 18 heavy (non-hydrogen) atoms. The molecule has 2 atom stereocenters. The maximum absolute atomic E-state index is 13.7. The minimum absolute atomic E-state index is 0.138. The van der Waals surface area contributed by atoms with Crippen molar-refractivity contribution in [2.45, 2.75) is 37.8 Å². The lowest BCUT2D eigenvalue weighted by molar-refractivity contribution is 0.0669. The number of halogens is 3. The molecule has 0 heterocycles. The monoisotopic (exact) mass is 319 g/mol. The van der Waals surface area contributed by atoms with Crippen molar-refractivity contribution in [2.24, 2.45) is 0 Å². The molecule has 0 aliphatic heterocycles. The second kappa shape index (κ2) is 5.97. The summed E-state index contributed by atoms with van der Waals surface area (Å²) in [5.41, 5.74) is 0.220. The van der Waals surface area contributed by atoms with Crippen molar-refractivity contribution < 1.29 is 13.5 Å². The van der Waals surface area contributed by atoms with Gasteiger partial charge in [-0.3, -0.25) is 0 Å². The van der Waals surface area contributed by atoms with E-state index in [4.69, 9.17) is 4.74 Å². The number of anilines is 1. The molecule has 1 aliphatic rings. The van der Waals surface area contributed by atoms with Crippen LogP contribution in [-0.2, 0) is 4.74 Å². The van der Waals surface area contributed by atoms with Gasteiger partial charge in [-0.2, -0.15) is 0 Å². The summed E-state index contributed by atoms with van der Waals surface area (Å²) in [6, 6.07) is 2.48. The van der Waals surface area contributed by atoms with Crippen molar-refractivity contribution in [3.05, 3.63) is 28.2 Å². The molecule has 0 amide bonds. The molecule has 1 N–H and O–H groups in total. The summed E-state index contributed by atoms with van der Waals surface area (Å²) in [7, 11) is 1.69. The minimum atomic E-state index is -0.460. The number of benzene rings is 1. The van der Waals surface area contributed by atoms with Gasteiger partial charge in [0.15, 0.2) is 0 Å². The molecular weight excluding hydrogens is 304 g/mol. The van der Waals surface area contributed by atoms with Gasteiger partial charge in [-0.1, -0.05) is 0 Å². The van der Waals surface area contributed by atoms with Gasteiger partial charge in [0.05, 0.1) is 16.3 Å². The molecule has 2 nitrogen and oxygen atoms in total. The van der Waals surface area contributed by atoms with Crippen LogP contribution in [0.2, 0.25) is 0 Å². The summed E-state index contributed by atoms with van der Waals surface area (Å²) >= 11 is 2.96. The van der Waals surface area contributed by atoms with Gasteiger partial charge < -0.3 is 10.1 Å². The number of methoxy groups -OCH3 is 1. The van der Waals surface area contributed by atoms with Gasteiger partial charge in [0.25, 0.3) is 0 Å². The zero-order valence-corrected chi connectivity index (χ0v) is 11.8. The van der Waals surface area contributed by atoms with E-state index >= 15 is 0 Å². The van der Waals surface area contributed by atoms with Crippen LogP contribution >= 0.6 is 15.9 Å². The molecule has 2 unspecified atom stereocenters. The minimum Gasteiger partial charge on any atom is -0.381 e. The van der Waals surface area contributed by atoms with E-state index in [0.29, 0.717) is 0 Å². The molecule has 1 saturated carbocycles. The Labute approximate surface area is 114 Å². The van der Waals surface area contributed by atoms with Crippen LogP contribution in [0, 0.1) is 11.6 Å².